The fourth-order valence-corrected chi connectivity index (χ4v) is 3.39. The third-order valence-electron chi connectivity index (χ3n) is 5.43. The van der Waals surface area contributed by atoms with Gasteiger partial charge in [0.1, 0.15) is 18.0 Å². The van der Waals surface area contributed by atoms with Crippen LogP contribution in [0.25, 0.3) is 0 Å². The second-order valence-electron chi connectivity index (χ2n) is 7.90. The molecule has 3 N–H and O–H groups in total. The molecule has 9 heteroatoms. The van der Waals surface area contributed by atoms with Crippen LogP contribution in [0, 0.1) is 6.92 Å². The van der Waals surface area contributed by atoms with E-state index in [1.165, 1.54) is 19.3 Å². The quantitative estimate of drug-likeness (QED) is 0.506. The summed E-state index contributed by atoms with van der Waals surface area (Å²) in [5.74, 6) is 2.36. The number of aliphatic imine (C=N–C) groups is 1. The summed E-state index contributed by atoms with van der Waals surface area (Å²) in [6.07, 6.45) is 9.57. The molecule has 0 spiro atoms. The van der Waals surface area contributed by atoms with Gasteiger partial charge in [0.25, 0.3) is 0 Å². The summed E-state index contributed by atoms with van der Waals surface area (Å²) in [7, 11) is 3.78. The Hall–Kier alpha value is -2.42. The Morgan fingerprint density at radius 1 is 1.29 bits per heavy atom. The van der Waals surface area contributed by atoms with Crippen molar-refractivity contribution in [2.75, 3.05) is 6.54 Å². The summed E-state index contributed by atoms with van der Waals surface area (Å²) < 4.78 is 3.63. The summed E-state index contributed by atoms with van der Waals surface area (Å²) in [6, 6.07) is 0.407. The molecule has 2 aromatic rings. The normalized spacial score (nSPS) is 18.1. The van der Waals surface area contributed by atoms with E-state index < -0.39 is 5.60 Å². The molecule has 0 bridgehead atoms. The van der Waals surface area contributed by atoms with Gasteiger partial charge in [0.15, 0.2) is 11.8 Å². The number of guanidine groups is 1. The molecule has 0 radical (unpaired) electrons. The smallest absolute Gasteiger partial charge is 0.192 e. The number of hydrogen-bond donors (Lipinski definition) is 3. The van der Waals surface area contributed by atoms with E-state index in [-0.39, 0.29) is 0 Å². The van der Waals surface area contributed by atoms with Gasteiger partial charge >= 0.3 is 0 Å². The predicted molar refractivity (Wildman–Crippen MR) is 108 cm³/mol. The number of aryl methyl sites for hydroxylation is 2. The third kappa shape index (κ3) is 5.09. The molecule has 1 aliphatic carbocycles. The first-order chi connectivity index (χ1) is 13.3. The lowest BCUT2D eigenvalue weighted by atomic mass is 9.95. The van der Waals surface area contributed by atoms with Crippen LogP contribution in [-0.4, -0.2) is 48.2 Å². The lowest BCUT2D eigenvalue weighted by Crippen LogP contribution is -2.48. The van der Waals surface area contributed by atoms with Crippen molar-refractivity contribution in [3.63, 3.8) is 0 Å². The van der Waals surface area contributed by atoms with Crippen LogP contribution in [0.2, 0.25) is 0 Å². The minimum Gasteiger partial charge on any atom is -0.383 e. The van der Waals surface area contributed by atoms with Crippen LogP contribution in [0.15, 0.2) is 17.4 Å². The number of rotatable bonds is 6. The molecule has 9 nitrogen and oxygen atoms in total. The van der Waals surface area contributed by atoms with Crippen LogP contribution >= 0.6 is 0 Å². The molecule has 0 aromatic carbocycles. The van der Waals surface area contributed by atoms with Crippen molar-refractivity contribution >= 4 is 5.96 Å². The maximum atomic E-state index is 10.9. The fraction of sp³-hybridized carbons (Fsp3) is 0.684. The maximum Gasteiger partial charge on any atom is 0.192 e. The minimum atomic E-state index is -1.05. The molecule has 2 heterocycles. The molecule has 1 fully saturated rings. The highest BCUT2D eigenvalue weighted by molar-refractivity contribution is 5.80. The molecule has 28 heavy (non-hydrogen) atoms. The van der Waals surface area contributed by atoms with Gasteiger partial charge in [0.05, 0.1) is 12.7 Å². The summed E-state index contributed by atoms with van der Waals surface area (Å²) >= 11 is 0. The van der Waals surface area contributed by atoms with E-state index in [1.54, 1.807) is 17.8 Å². The molecular weight excluding hydrogens is 356 g/mol. The van der Waals surface area contributed by atoms with Crippen LogP contribution < -0.4 is 10.6 Å². The zero-order chi connectivity index (χ0) is 20.1. The minimum absolute atomic E-state index is 0.328. The van der Waals surface area contributed by atoms with Gasteiger partial charge in [-0.1, -0.05) is 19.3 Å². The maximum absolute atomic E-state index is 10.9. The Labute approximate surface area is 166 Å². The van der Waals surface area contributed by atoms with Gasteiger partial charge in [0.2, 0.25) is 0 Å². The van der Waals surface area contributed by atoms with Crippen molar-refractivity contribution in [2.45, 2.75) is 64.1 Å². The predicted octanol–water partition coefficient (Wildman–Crippen LogP) is 1.13. The summed E-state index contributed by atoms with van der Waals surface area (Å²) in [5, 5.41) is 30.1. The molecule has 1 saturated carbocycles. The first-order valence-electron chi connectivity index (χ1n) is 9.96. The highest BCUT2D eigenvalue weighted by Gasteiger charge is 2.25. The second-order valence-corrected chi connectivity index (χ2v) is 7.90. The molecule has 0 saturated heterocycles. The molecule has 1 unspecified atom stereocenters. The van der Waals surface area contributed by atoms with E-state index in [4.69, 9.17) is 4.99 Å². The van der Waals surface area contributed by atoms with E-state index in [1.807, 2.05) is 31.8 Å². The topological polar surface area (TPSA) is 105 Å². The van der Waals surface area contributed by atoms with Gasteiger partial charge in [-0.25, -0.2) is 4.99 Å². The second kappa shape index (κ2) is 8.72. The molecule has 2 aromatic heterocycles. The fourth-order valence-electron chi connectivity index (χ4n) is 3.39. The highest BCUT2D eigenvalue weighted by Crippen LogP contribution is 2.19. The highest BCUT2D eigenvalue weighted by atomic mass is 16.3. The number of nitrogens with one attached hydrogen (secondary N) is 2. The van der Waals surface area contributed by atoms with Crippen molar-refractivity contribution in [2.24, 2.45) is 19.1 Å². The number of hydrogen-bond acceptors (Lipinski definition) is 5. The van der Waals surface area contributed by atoms with Crippen LogP contribution in [0.5, 0.6) is 0 Å². The zero-order valence-electron chi connectivity index (χ0n) is 17.3. The van der Waals surface area contributed by atoms with Crippen molar-refractivity contribution < 1.29 is 5.11 Å². The van der Waals surface area contributed by atoms with Crippen LogP contribution in [0.4, 0.5) is 0 Å². The van der Waals surface area contributed by atoms with Gasteiger partial charge in [-0.05, 0) is 26.7 Å². The molecule has 0 amide bonds. The number of aliphatic hydroxyl groups is 1. The van der Waals surface area contributed by atoms with Gasteiger partial charge < -0.3 is 20.3 Å². The van der Waals surface area contributed by atoms with E-state index in [9.17, 15) is 5.11 Å². The van der Waals surface area contributed by atoms with Gasteiger partial charge in [-0.3, -0.25) is 4.68 Å². The summed E-state index contributed by atoms with van der Waals surface area (Å²) in [6.45, 7) is 4.45. The number of nitrogens with zero attached hydrogens (tertiary/aromatic N) is 6. The van der Waals surface area contributed by atoms with E-state index >= 15 is 0 Å². The molecule has 0 aliphatic heterocycles. The third-order valence-corrected chi connectivity index (χ3v) is 5.43. The summed E-state index contributed by atoms with van der Waals surface area (Å²) in [5.41, 5.74) is -0.284. The Balaban J connectivity index is 1.69. The lowest BCUT2D eigenvalue weighted by molar-refractivity contribution is 0.0615. The molecule has 3 rings (SSSR count). The molecule has 1 atom stereocenters. The first-order valence-corrected chi connectivity index (χ1v) is 9.96. The van der Waals surface area contributed by atoms with Crippen molar-refractivity contribution in [3.05, 3.63) is 29.6 Å². The largest absolute Gasteiger partial charge is 0.383 e. The van der Waals surface area contributed by atoms with Gasteiger partial charge in [-0.2, -0.15) is 5.10 Å². The van der Waals surface area contributed by atoms with Gasteiger partial charge in [0, 0.05) is 31.9 Å². The molecular formula is C19H32N8O. The standard InChI is InChI=1S/C19H32N8O/c1-14-24-25-17(27(14)4)11-20-18(23-16-8-6-5-7-9-16)21-13-19(2,28)15-10-22-26(3)12-15/h10,12,16,28H,5-9,11,13H2,1-4H3,(H2,20,21,23). The summed E-state index contributed by atoms with van der Waals surface area (Å²) in [4.78, 5) is 4.70. The van der Waals surface area contributed by atoms with Crippen molar-refractivity contribution in [1.82, 2.24) is 35.2 Å². The van der Waals surface area contributed by atoms with Crippen molar-refractivity contribution in [1.29, 1.82) is 0 Å². The van der Waals surface area contributed by atoms with E-state index in [0.29, 0.717) is 25.1 Å². The lowest BCUT2D eigenvalue weighted by Gasteiger charge is -2.28. The van der Waals surface area contributed by atoms with Crippen LogP contribution in [0.1, 0.15) is 56.2 Å². The monoisotopic (exact) mass is 388 g/mol. The molecule has 154 valence electrons. The molecule has 1 aliphatic rings. The number of aromatic nitrogens is 5. The SMILES string of the molecule is Cc1nnc(CN=C(NCC(C)(O)c2cnn(C)c2)NC2CCCCC2)n1C. The average Bonchev–Trinajstić information content (AvgIpc) is 3.25. The Morgan fingerprint density at radius 2 is 2.04 bits per heavy atom. The van der Waals surface area contributed by atoms with E-state index in [2.05, 4.69) is 25.9 Å². The van der Waals surface area contributed by atoms with Crippen molar-refractivity contribution in [3.8, 4) is 0 Å². The van der Waals surface area contributed by atoms with E-state index in [0.717, 1.165) is 30.1 Å². The Kier molecular flexibility index (Phi) is 6.33. The van der Waals surface area contributed by atoms with Crippen LogP contribution in [0.3, 0.4) is 0 Å². The first kappa shape index (κ1) is 20.3. The Morgan fingerprint density at radius 3 is 2.64 bits per heavy atom. The average molecular weight is 389 g/mol. The zero-order valence-corrected chi connectivity index (χ0v) is 17.3. The van der Waals surface area contributed by atoms with Gasteiger partial charge in [-0.15, -0.1) is 10.2 Å². The Bertz CT molecular complexity index is 801. The van der Waals surface area contributed by atoms with Crippen LogP contribution in [-0.2, 0) is 26.2 Å².